The number of rotatable bonds is 4. The van der Waals surface area contributed by atoms with Crippen LogP contribution in [0.5, 0.6) is 0 Å². The maximum absolute atomic E-state index is 5.38. The Morgan fingerprint density at radius 1 is 1.35 bits per heavy atom. The van der Waals surface area contributed by atoms with Gasteiger partial charge in [-0.1, -0.05) is 5.16 Å². The van der Waals surface area contributed by atoms with E-state index in [0.29, 0.717) is 11.8 Å². The molecule has 5 heteroatoms. The summed E-state index contributed by atoms with van der Waals surface area (Å²) < 4.78 is 5.38. The summed E-state index contributed by atoms with van der Waals surface area (Å²) in [6, 6.07) is 8.22. The lowest BCUT2D eigenvalue weighted by Crippen LogP contribution is -2.31. The van der Waals surface area contributed by atoms with Crippen molar-refractivity contribution in [1.29, 1.82) is 0 Å². The molecule has 1 saturated heterocycles. The summed E-state index contributed by atoms with van der Waals surface area (Å²) in [5.41, 5.74) is 0.989. The van der Waals surface area contributed by atoms with E-state index in [1.165, 1.54) is 17.7 Å². The quantitative estimate of drug-likeness (QED) is 0.877. The predicted octanol–water partition coefficient (Wildman–Crippen LogP) is 3.00. The Morgan fingerprint density at radius 3 is 2.90 bits per heavy atom. The van der Waals surface area contributed by atoms with Crippen molar-refractivity contribution in [2.24, 2.45) is 5.92 Å². The van der Waals surface area contributed by atoms with Crippen molar-refractivity contribution in [1.82, 2.24) is 15.5 Å². The average Bonchev–Trinajstić information content (AvgIpc) is 2.97. The van der Waals surface area contributed by atoms with E-state index < -0.39 is 0 Å². The fourth-order valence-corrected chi connectivity index (χ4v) is 2.95. The van der Waals surface area contributed by atoms with Gasteiger partial charge in [-0.3, -0.25) is 0 Å². The summed E-state index contributed by atoms with van der Waals surface area (Å²) in [5.74, 6) is 2.08. The van der Waals surface area contributed by atoms with Gasteiger partial charge in [-0.25, -0.2) is 0 Å². The average molecular weight is 289 g/mol. The Morgan fingerprint density at radius 2 is 2.20 bits per heavy atom. The van der Waals surface area contributed by atoms with Crippen molar-refractivity contribution in [2.45, 2.75) is 24.2 Å². The summed E-state index contributed by atoms with van der Waals surface area (Å²) >= 11 is 1.73. The Labute approximate surface area is 123 Å². The molecule has 2 heterocycles. The molecule has 0 saturated carbocycles. The van der Waals surface area contributed by atoms with Gasteiger partial charge in [-0.05, 0) is 62.4 Å². The lowest BCUT2D eigenvalue weighted by molar-refractivity contribution is 0.360. The molecule has 1 fully saturated rings. The minimum absolute atomic E-state index is 0.622. The number of hydrogen-bond acceptors (Lipinski definition) is 5. The van der Waals surface area contributed by atoms with Crippen LogP contribution in [-0.2, 0) is 6.42 Å². The summed E-state index contributed by atoms with van der Waals surface area (Å²) in [4.78, 5) is 5.76. The Hall–Kier alpha value is -1.33. The van der Waals surface area contributed by atoms with E-state index in [0.717, 1.165) is 30.9 Å². The highest BCUT2D eigenvalue weighted by Crippen LogP contribution is 2.22. The largest absolute Gasteiger partial charge is 0.334 e. The van der Waals surface area contributed by atoms with Crippen molar-refractivity contribution in [2.75, 3.05) is 19.3 Å². The van der Waals surface area contributed by atoms with Crippen molar-refractivity contribution >= 4 is 11.8 Å². The topological polar surface area (TPSA) is 51.0 Å². The first-order valence-electron chi connectivity index (χ1n) is 7.03. The maximum Gasteiger partial charge on any atom is 0.257 e. The van der Waals surface area contributed by atoms with Crippen LogP contribution in [0, 0.1) is 5.92 Å². The van der Waals surface area contributed by atoms with Gasteiger partial charge in [0, 0.05) is 16.9 Å². The van der Waals surface area contributed by atoms with Crippen molar-refractivity contribution in [3.63, 3.8) is 0 Å². The van der Waals surface area contributed by atoms with Crippen molar-refractivity contribution < 1.29 is 4.52 Å². The molecular weight excluding hydrogens is 270 g/mol. The Balaban J connectivity index is 1.68. The lowest BCUT2D eigenvalue weighted by atomic mass is 9.96. The fraction of sp³-hybridized carbons (Fsp3) is 0.467. The highest BCUT2D eigenvalue weighted by atomic mass is 32.2. The van der Waals surface area contributed by atoms with Gasteiger partial charge in [-0.15, -0.1) is 11.8 Å². The second-order valence-electron chi connectivity index (χ2n) is 5.16. The number of aromatic nitrogens is 2. The lowest BCUT2D eigenvalue weighted by Gasteiger charge is -2.20. The number of nitrogens with zero attached hydrogens (tertiary/aromatic N) is 2. The predicted molar refractivity (Wildman–Crippen MR) is 80.8 cm³/mol. The second-order valence-corrected chi connectivity index (χ2v) is 6.04. The number of nitrogens with one attached hydrogen (secondary N) is 1. The van der Waals surface area contributed by atoms with Crippen molar-refractivity contribution in [3.8, 4) is 11.5 Å². The van der Waals surface area contributed by atoms with E-state index in [9.17, 15) is 0 Å². The van der Waals surface area contributed by atoms with Gasteiger partial charge >= 0.3 is 0 Å². The van der Waals surface area contributed by atoms with E-state index in [1.807, 2.05) is 12.1 Å². The normalized spacial score (nSPS) is 19.1. The zero-order valence-corrected chi connectivity index (χ0v) is 12.4. The third-order valence-corrected chi connectivity index (χ3v) is 4.42. The van der Waals surface area contributed by atoms with Gasteiger partial charge < -0.3 is 9.84 Å². The van der Waals surface area contributed by atoms with Gasteiger partial charge in [0.1, 0.15) is 0 Å². The number of benzene rings is 1. The van der Waals surface area contributed by atoms with E-state index in [1.54, 1.807) is 11.8 Å². The smallest absolute Gasteiger partial charge is 0.257 e. The summed E-state index contributed by atoms with van der Waals surface area (Å²) in [6.45, 7) is 2.20. The molecule has 0 aliphatic carbocycles. The molecule has 1 aromatic heterocycles. The number of piperidine rings is 1. The standard InChI is InChI=1S/C15H19N3OS/c1-20-13-6-4-12(5-7-13)15-17-14(18-19-15)9-11-3-2-8-16-10-11/h4-7,11,16H,2-3,8-10H2,1H3. The Kier molecular flexibility index (Phi) is 4.38. The van der Waals surface area contributed by atoms with Gasteiger partial charge in [0.15, 0.2) is 5.82 Å². The molecule has 0 bridgehead atoms. The molecule has 0 amide bonds. The molecule has 4 nitrogen and oxygen atoms in total. The highest BCUT2D eigenvalue weighted by Gasteiger charge is 2.17. The molecule has 1 N–H and O–H groups in total. The van der Waals surface area contributed by atoms with Gasteiger partial charge in [0.2, 0.25) is 0 Å². The van der Waals surface area contributed by atoms with Crippen molar-refractivity contribution in [3.05, 3.63) is 30.1 Å². The minimum Gasteiger partial charge on any atom is -0.334 e. The van der Waals surface area contributed by atoms with Crippen LogP contribution in [-0.4, -0.2) is 29.5 Å². The van der Waals surface area contributed by atoms with Crippen LogP contribution in [0.2, 0.25) is 0 Å². The zero-order chi connectivity index (χ0) is 13.8. The molecule has 1 atom stereocenters. The molecular formula is C15H19N3OS. The fourth-order valence-electron chi connectivity index (χ4n) is 2.54. The molecule has 3 rings (SSSR count). The first-order chi connectivity index (χ1) is 9.85. The van der Waals surface area contributed by atoms with Crippen LogP contribution in [0.4, 0.5) is 0 Å². The van der Waals surface area contributed by atoms with Crippen LogP contribution in [0.1, 0.15) is 18.7 Å². The molecule has 2 aromatic rings. The van der Waals surface area contributed by atoms with Crippen LogP contribution >= 0.6 is 11.8 Å². The maximum atomic E-state index is 5.38. The van der Waals surface area contributed by atoms with Crippen LogP contribution in [0.15, 0.2) is 33.7 Å². The van der Waals surface area contributed by atoms with E-state index >= 15 is 0 Å². The SMILES string of the molecule is CSc1ccc(-c2nc(CC3CCCNC3)no2)cc1. The van der Waals surface area contributed by atoms with Crippen LogP contribution in [0.25, 0.3) is 11.5 Å². The van der Waals surface area contributed by atoms with Gasteiger partial charge in [-0.2, -0.15) is 4.98 Å². The molecule has 0 spiro atoms. The zero-order valence-electron chi connectivity index (χ0n) is 11.6. The van der Waals surface area contributed by atoms with E-state index in [2.05, 4.69) is 33.8 Å². The van der Waals surface area contributed by atoms with Gasteiger partial charge in [0.25, 0.3) is 5.89 Å². The number of hydrogen-bond donors (Lipinski definition) is 1. The first-order valence-corrected chi connectivity index (χ1v) is 8.25. The molecule has 20 heavy (non-hydrogen) atoms. The molecule has 1 aliphatic heterocycles. The molecule has 1 unspecified atom stereocenters. The number of thioether (sulfide) groups is 1. The first kappa shape index (κ1) is 13.6. The molecule has 1 aliphatic rings. The summed E-state index contributed by atoms with van der Waals surface area (Å²) in [5, 5.41) is 7.53. The third kappa shape index (κ3) is 3.22. The highest BCUT2D eigenvalue weighted by molar-refractivity contribution is 7.98. The van der Waals surface area contributed by atoms with Crippen LogP contribution < -0.4 is 5.32 Å². The van der Waals surface area contributed by atoms with Gasteiger partial charge in [0.05, 0.1) is 0 Å². The Bertz CT molecular complexity index is 547. The third-order valence-electron chi connectivity index (χ3n) is 3.68. The van der Waals surface area contributed by atoms with E-state index in [4.69, 9.17) is 4.52 Å². The minimum atomic E-state index is 0.622. The molecule has 1 aromatic carbocycles. The summed E-state index contributed by atoms with van der Waals surface area (Å²) in [6.07, 6.45) is 5.46. The monoisotopic (exact) mass is 289 g/mol. The summed E-state index contributed by atoms with van der Waals surface area (Å²) in [7, 11) is 0. The van der Waals surface area contributed by atoms with Crippen LogP contribution in [0.3, 0.4) is 0 Å². The molecule has 0 radical (unpaired) electrons. The van der Waals surface area contributed by atoms with E-state index in [-0.39, 0.29) is 0 Å². The molecule has 106 valence electrons. The second kappa shape index (κ2) is 6.41.